The molecular weight excluding hydrogens is 385 g/mol. The van der Waals surface area contributed by atoms with Gasteiger partial charge in [0.2, 0.25) is 0 Å². The van der Waals surface area contributed by atoms with Crippen LogP contribution in [-0.4, -0.2) is 28.0 Å². The summed E-state index contributed by atoms with van der Waals surface area (Å²) in [6, 6.07) is 10.2. The van der Waals surface area contributed by atoms with Crippen LogP contribution >= 0.6 is 0 Å². The minimum Gasteiger partial charge on any atom is -0.480 e. The monoisotopic (exact) mass is 402 g/mol. The lowest BCUT2D eigenvalue weighted by Gasteiger charge is -2.12. The smallest absolute Gasteiger partial charge is 0.416 e. The Hall–Kier alpha value is -3.42. The summed E-state index contributed by atoms with van der Waals surface area (Å²) >= 11 is 0. The summed E-state index contributed by atoms with van der Waals surface area (Å²) in [5, 5.41) is 12.1. The van der Waals surface area contributed by atoms with Crippen LogP contribution in [0.25, 0.3) is 22.2 Å². The number of nitrogens with one attached hydrogen (secondary N) is 1. The molecule has 0 bridgehead atoms. The lowest BCUT2D eigenvalue weighted by Crippen LogP contribution is -2.38. The summed E-state index contributed by atoms with van der Waals surface area (Å²) in [5.41, 5.74) is 1.80. The summed E-state index contributed by atoms with van der Waals surface area (Å²) in [5.74, 6) is -1.71. The highest BCUT2D eigenvalue weighted by Crippen LogP contribution is 2.31. The van der Waals surface area contributed by atoms with Crippen LogP contribution in [0.2, 0.25) is 0 Å². The largest absolute Gasteiger partial charge is 0.480 e. The molecule has 2 N–H and O–H groups in total. The second kappa shape index (κ2) is 7.54. The van der Waals surface area contributed by atoms with Crippen molar-refractivity contribution in [3.8, 4) is 11.3 Å². The fourth-order valence-corrected chi connectivity index (χ4v) is 2.86. The molecule has 0 aliphatic carbocycles. The van der Waals surface area contributed by atoms with E-state index in [1.807, 2.05) is 6.92 Å². The third kappa shape index (κ3) is 4.37. The predicted octanol–water partition coefficient (Wildman–Crippen LogP) is 4.43. The van der Waals surface area contributed by atoms with E-state index in [0.29, 0.717) is 16.8 Å². The Bertz CT molecular complexity index is 1090. The molecule has 8 heteroatoms. The van der Waals surface area contributed by atoms with Gasteiger partial charge in [0.15, 0.2) is 0 Å². The van der Waals surface area contributed by atoms with Gasteiger partial charge < -0.3 is 10.4 Å². The van der Waals surface area contributed by atoms with Crippen LogP contribution in [0.5, 0.6) is 0 Å². The molecule has 1 heterocycles. The molecule has 0 saturated heterocycles. The topological polar surface area (TPSA) is 79.3 Å². The highest BCUT2D eigenvalue weighted by molar-refractivity contribution is 6.00. The van der Waals surface area contributed by atoms with Crippen LogP contribution in [0, 0.1) is 6.92 Å². The quantitative estimate of drug-likeness (QED) is 0.677. The minimum atomic E-state index is -4.42. The summed E-state index contributed by atoms with van der Waals surface area (Å²) in [6.07, 6.45) is -4.42. The molecule has 1 atom stereocenters. The predicted molar refractivity (Wildman–Crippen MR) is 101 cm³/mol. The van der Waals surface area contributed by atoms with Crippen LogP contribution in [-0.2, 0) is 11.0 Å². The maximum absolute atomic E-state index is 12.8. The van der Waals surface area contributed by atoms with Crippen molar-refractivity contribution in [2.45, 2.75) is 26.1 Å². The number of hydrogen-bond acceptors (Lipinski definition) is 3. The first kappa shape index (κ1) is 20.3. The van der Waals surface area contributed by atoms with E-state index in [4.69, 9.17) is 5.11 Å². The van der Waals surface area contributed by atoms with Gasteiger partial charge in [-0.2, -0.15) is 13.2 Å². The maximum atomic E-state index is 12.8. The summed E-state index contributed by atoms with van der Waals surface area (Å²) in [6.45, 7) is 3.19. The fraction of sp³-hybridized carbons (Fsp3) is 0.190. The molecule has 1 aromatic heterocycles. The Morgan fingerprint density at radius 2 is 1.72 bits per heavy atom. The Morgan fingerprint density at radius 3 is 2.31 bits per heavy atom. The third-order valence-corrected chi connectivity index (χ3v) is 4.50. The number of aliphatic carboxylic acids is 1. The van der Waals surface area contributed by atoms with Crippen LogP contribution in [0.4, 0.5) is 13.2 Å². The van der Waals surface area contributed by atoms with Gasteiger partial charge in [-0.25, -0.2) is 4.98 Å². The molecule has 0 unspecified atom stereocenters. The number of carboxylic acid groups (broad SMARTS) is 1. The zero-order valence-electron chi connectivity index (χ0n) is 15.5. The number of fused-ring (bicyclic) bond motifs is 1. The Labute approximate surface area is 164 Å². The van der Waals surface area contributed by atoms with Gasteiger partial charge in [0.25, 0.3) is 5.91 Å². The van der Waals surface area contributed by atoms with Crippen LogP contribution in [0.3, 0.4) is 0 Å². The van der Waals surface area contributed by atoms with Gasteiger partial charge in [-0.1, -0.05) is 18.2 Å². The molecule has 0 aliphatic heterocycles. The number of carbonyl (C=O) groups is 2. The number of halogens is 3. The molecule has 29 heavy (non-hydrogen) atoms. The van der Waals surface area contributed by atoms with Crippen molar-refractivity contribution in [3.05, 3.63) is 65.2 Å². The van der Waals surface area contributed by atoms with E-state index in [1.54, 1.807) is 18.2 Å². The molecule has 150 valence electrons. The molecular formula is C21H17F3N2O3. The van der Waals surface area contributed by atoms with Gasteiger partial charge in [0.1, 0.15) is 6.04 Å². The normalized spacial score (nSPS) is 12.6. The van der Waals surface area contributed by atoms with E-state index in [1.165, 1.54) is 25.1 Å². The van der Waals surface area contributed by atoms with Crippen LogP contribution in [0.15, 0.2) is 48.5 Å². The number of carboxylic acids is 1. The zero-order valence-corrected chi connectivity index (χ0v) is 15.5. The molecule has 3 aromatic rings. The van der Waals surface area contributed by atoms with Crippen molar-refractivity contribution in [2.24, 2.45) is 0 Å². The van der Waals surface area contributed by atoms with E-state index >= 15 is 0 Å². The first-order chi connectivity index (χ1) is 13.6. The van der Waals surface area contributed by atoms with E-state index in [2.05, 4.69) is 10.3 Å². The molecule has 3 rings (SSSR count). The number of aromatic nitrogens is 1. The number of alkyl halides is 3. The van der Waals surface area contributed by atoms with Gasteiger partial charge in [0, 0.05) is 16.5 Å². The summed E-state index contributed by atoms with van der Waals surface area (Å²) in [4.78, 5) is 27.7. The molecule has 5 nitrogen and oxygen atoms in total. The highest BCUT2D eigenvalue weighted by Gasteiger charge is 2.30. The molecule has 0 spiro atoms. The second-order valence-corrected chi connectivity index (χ2v) is 6.66. The average Bonchev–Trinajstić information content (AvgIpc) is 2.66. The van der Waals surface area contributed by atoms with Gasteiger partial charge >= 0.3 is 12.1 Å². The van der Waals surface area contributed by atoms with Gasteiger partial charge in [-0.05, 0) is 49.7 Å². The first-order valence-electron chi connectivity index (χ1n) is 8.69. The van der Waals surface area contributed by atoms with E-state index in [0.717, 1.165) is 23.1 Å². The highest BCUT2D eigenvalue weighted by atomic mass is 19.4. The molecule has 0 fully saturated rings. The number of hydrogen-bond donors (Lipinski definition) is 2. The van der Waals surface area contributed by atoms with E-state index in [9.17, 15) is 22.8 Å². The van der Waals surface area contributed by atoms with Crippen molar-refractivity contribution < 1.29 is 27.9 Å². The third-order valence-electron chi connectivity index (χ3n) is 4.50. The van der Waals surface area contributed by atoms with E-state index < -0.39 is 29.7 Å². The van der Waals surface area contributed by atoms with Crippen molar-refractivity contribution in [1.29, 1.82) is 0 Å². The number of benzene rings is 2. The van der Waals surface area contributed by atoms with Crippen LogP contribution < -0.4 is 5.32 Å². The zero-order chi connectivity index (χ0) is 21.3. The molecule has 0 saturated carbocycles. The number of pyridine rings is 1. The number of carbonyl (C=O) groups excluding carboxylic acids is 1. The Morgan fingerprint density at radius 1 is 1.07 bits per heavy atom. The van der Waals surface area contributed by atoms with Crippen molar-refractivity contribution in [3.63, 3.8) is 0 Å². The maximum Gasteiger partial charge on any atom is 0.416 e. The summed E-state index contributed by atoms with van der Waals surface area (Å²) < 4.78 is 38.3. The molecule has 2 aromatic carbocycles. The number of rotatable bonds is 4. The molecule has 0 aliphatic rings. The number of amides is 1. The van der Waals surface area contributed by atoms with Gasteiger partial charge in [-0.15, -0.1) is 0 Å². The lowest BCUT2D eigenvalue weighted by atomic mass is 10.0. The minimum absolute atomic E-state index is 0.238. The van der Waals surface area contributed by atoms with Crippen molar-refractivity contribution in [2.75, 3.05) is 0 Å². The number of aryl methyl sites for hydroxylation is 1. The molecule has 0 radical (unpaired) electrons. The standard InChI is InChI=1S/C21H17F3N2O3/c1-11-9-17(13-3-6-15(7-4-13)21(22,23)24)26-18-10-14(5-8-16(11)18)19(27)25-12(2)20(28)29/h3-10,12H,1-2H3,(H,25,27)(H,28,29)/t12-/m1/s1. The number of nitrogens with zero attached hydrogens (tertiary/aromatic N) is 1. The second-order valence-electron chi connectivity index (χ2n) is 6.66. The van der Waals surface area contributed by atoms with Crippen molar-refractivity contribution in [1.82, 2.24) is 10.3 Å². The fourth-order valence-electron chi connectivity index (χ4n) is 2.86. The SMILES string of the molecule is Cc1cc(-c2ccc(C(F)(F)F)cc2)nc2cc(C(=O)N[C@H](C)C(=O)O)ccc12. The average molecular weight is 402 g/mol. The van der Waals surface area contributed by atoms with Gasteiger partial charge in [0.05, 0.1) is 16.8 Å². The van der Waals surface area contributed by atoms with E-state index in [-0.39, 0.29) is 5.56 Å². The molecule has 1 amide bonds. The van der Waals surface area contributed by atoms with Crippen molar-refractivity contribution >= 4 is 22.8 Å². The lowest BCUT2D eigenvalue weighted by molar-refractivity contribution is -0.139. The first-order valence-corrected chi connectivity index (χ1v) is 8.69. The Kier molecular flexibility index (Phi) is 5.28. The van der Waals surface area contributed by atoms with Crippen LogP contribution in [0.1, 0.15) is 28.4 Å². The summed E-state index contributed by atoms with van der Waals surface area (Å²) in [7, 11) is 0. The Balaban J connectivity index is 1.98. The van der Waals surface area contributed by atoms with Gasteiger partial charge in [-0.3, -0.25) is 9.59 Å².